The SMILES string of the molecule is CCOC(C)C(=O)N1CC[C@@H]2CNC[C@@H]2CC1. The maximum absolute atomic E-state index is 12.1. The second-order valence-electron chi connectivity index (χ2n) is 5.18. The van der Waals surface area contributed by atoms with Crippen molar-refractivity contribution in [1.29, 1.82) is 0 Å². The molecule has 98 valence electrons. The summed E-state index contributed by atoms with van der Waals surface area (Å²) in [6.07, 6.45) is 2.00. The lowest BCUT2D eigenvalue weighted by Crippen LogP contribution is -2.40. The quantitative estimate of drug-likeness (QED) is 0.796. The van der Waals surface area contributed by atoms with Gasteiger partial charge in [0, 0.05) is 19.7 Å². The molecule has 2 heterocycles. The minimum absolute atomic E-state index is 0.166. The van der Waals surface area contributed by atoms with Crippen molar-refractivity contribution in [2.45, 2.75) is 32.8 Å². The molecule has 2 aliphatic rings. The van der Waals surface area contributed by atoms with E-state index in [1.165, 1.54) is 0 Å². The summed E-state index contributed by atoms with van der Waals surface area (Å²) < 4.78 is 5.39. The Labute approximate surface area is 104 Å². The van der Waals surface area contributed by atoms with Crippen LogP contribution in [-0.4, -0.2) is 49.7 Å². The predicted molar refractivity (Wildman–Crippen MR) is 66.8 cm³/mol. The largest absolute Gasteiger partial charge is 0.369 e. The summed E-state index contributed by atoms with van der Waals surface area (Å²) in [6, 6.07) is 0. The summed E-state index contributed by atoms with van der Waals surface area (Å²) in [4.78, 5) is 14.1. The number of hydrogen-bond donors (Lipinski definition) is 1. The van der Waals surface area contributed by atoms with Crippen molar-refractivity contribution in [1.82, 2.24) is 10.2 Å². The fourth-order valence-corrected chi connectivity index (χ4v) is 3.02. The van der Waals surface area contributed by atoms with Crippen molar-refractivity contribution in [2.75, 3.05) is 32.8 Å². The van der Waals surface area contributed by atoms with Crippen LogP contribution < -0.4 is 5.32 Å². The molecule has 2 rings (SSSR count). The van der Waals surface area contributed by atoms with Crippen LogP contribution in [0.15, 0.2) is 0 Å². The first-order valence-corrected chi connectivity index (χ1v) is 6.83. The van der Waals surface area contributed by atoms with E-state index in [-0.39, 0.29) is 12.0 Å². The van der Waals surface area contributed by atoms with Crippen molar-refractivity contribution < 1.29 is 9.53 Å². The minimum Gasteiger partial charge on any atom is -0.369 e. The average Bonchev–Trinajstić information content (AvgIpc) is 2.68. The normalized spacial score (nSPS) is 30.8. The first-order chi connectivity index (χ1) is 8.22. The first-order valence-electron chi connectivity index (χ1n) is 6.83. The van der Waals surface area contributed by atoms with Gasteiger partial charge in [0.05, 0.1) is 0 Å². The molecule has 0 aromatic rings. The highest BCUT2D eigenvalue weighted by molar-refractivity contribution is 5.80. The summed E-state index contributed by atoms with van der Waals surface area (Å²) >= 11 is 0. The number of nitrogens with one attached hydrogen (secondary N) is 1. The molecule has 1 unspecified atom stereocenters. The fourth-order valence-electron chi connectivity index (χ4n) is 3.02. The molecule has 0 spiro atoms. The number of carbonyl (C=O) groups excluding carboxylic acids is 1. The first kappa shape index (κ1) is 12.8. The number of carbonyl (C=O) groups is 1. The fraction of sp³-hybridized carbons (Fsp3) is 0.923. The van der Waals surface area contributed by atoms with Gasteiger partial charge >= 0.3 is 0 Å². The number of fused-ring (bicyclic) bond motifs is 1. The van der Waals surface area contributed by atoms with Crippen LogP contribution in [-0.2, 0) is 9.53 Å². The second-order valence-corrected chi connectivity index (χ2v) is 5.18. The summed E-state index contributed by atoms with van der Waals surface area (Å²) in [6.45, 7) is 8.47. The molecule has 1 N–H and O–H groups in total. The van der Waals surface area contributed by atoms with Gasteiger partial charge in [-0.25, -0.2) is 0 Å². The lowest BCUT2D eigenvalue weighted by molar-refractivity contribution is -0.142. The van der Waals surface area contributed by atoms with Crippen LogP contribution in [0.2, 0.25) is 0 Å². The Hall–Kier alpha value is -0.610. The van der Waals surface area contributed by atoms with E-state index in [2.05, 4.69) is 5.32 Å². The van der Waals surface area contributed by atoms with Gasteiger partial charge in [0.2, 0.25) is 0 Å². The number of ether oxygens (including phenoxy) is 1. The molecular formula is C13H24N2O2. The van der Waals surface area contributed by atoms with Gasteiger partial charge in [-0.05, 0) is 51.6 Å². The lowest BCUT2D eigenvalue weighted by Gasteiger charge is -2.24. The van der Waals surface area contributed by atoms with Crippen LogP contribution in [0.4, 0.5) is 0 Å². The van der Waals surface area contributed by atoms with Crippen molar-refractivity contribution >= 4 is 5.91 Å². The number of amides is 1. The Kier molecular flexibility index (Phi) is 4.40. The van der Waals surface area contributed by atoms with Crippen LogP contribution in [0.1, 0.15) is 26.7 Å². The molecule has 2 aliphatic heterocycles. The molecule has 0 aromatic heterocycles. The van der Waals surface area contributed by atoms with Crippen molar-refractivity contribution in [3.8, 4) is 0 Å². The van der Waals surface area contributed by atoms with Gasteiger partial charge < -0.3 is 15.0 Å². The second kappa shape index (κ2) is 5.83. The minimum atomic E-state index is -0.281. The van der Waals surface area contributed by atoms with Crippen LogP contribution in [0.5, 0.6) is 0 Å². The average molecular weight is 240 g/mol. The van der Waals surface area contributed by atoms with E-state index in [1.807, 2.05) is 18.7 Å². The Bertz CT molecular complexity index is 256. The molecule has 2 saturated heterocycles. The molecule has 3 atom stereocenters. The molecular weight excluding hydrogens is 216 g/mol. The monoisotopic (exact) mass is 240 g/mol. The third-order valence-corrected chi connectivity index (χ3v) is 4.10. The van der Waals surface area contributed by atoms with E-state index < -0.39 is 0 Å². The van der Waals surface area contributed by atoms with E-state index in [4.69, 9.17) is 4.74 Å². The third kappa shape index (κ3) is 2.99. The Morgan fingerprint density at radius 3 is 2.47 bits per heavy atom. The van der Waals surface area contributed by atoms with E-state index in [0.29, 0.717) is 6.61 Å². The zero-order valence-electron chi connectivity index (χ0n) is 10.9. The molecule has 4 nitrogen and oxygen atoms in total. The van der Waals surface area contributed by atoms with Crippen molar-refractivity contribution in [3.63, 3.8) is 0 Å². The van der Waals surface area contributed by atoms with E-state index in [0.717, 1.165) is 50.9 Å². The number of rotatable bonds is 3. The van der Waals surface area contributed by atoms with E-state index >= 15 is 0 Å². The van der Waals surface area contributed by atoms with Crippen LogP contribution in [0, 0.1) is 11.8 Å². The van der Waals surface area contributed by atoms with Crippen LogP contribution >= 0.6 is 0 Å². The highest BCUT2D eigenvalue weighted by atomic mass is 16.5. The van der Waals surface area contributed by atoms with Gasteiger partial charge in [-0.15, -0.1) is 0 Å². The summed E-state index contributed by atoms with van der Waals surface area (Å²) in [5.74, 6) is 1.71. The predicted octanol–water partition coefficient (Wildman–Crippen LogP) is 0.869. The Morgan fingerprint density at radius 2 is 1.94 bits per heavy atom. The third-order valence-electron chi connectivity index (χ3n) is 4.10. The Balaban J connectivity index is 1.88. The molecule has 17 heavy (non-hydrogen) atoms. The molecule has 0 aromatic carbocycles. The van der Waals surface area contributed by atoms with Gasteiger partial charge in [0.1, 0.15) is 6.10 Å². The van der Waals surface area contributed by atoms with Crippen molar-refractivity contribution in [3.05, 3.63) is 0 Å². The molecule has 2 fully saturated rings. The summed E-state index contributed by atoms with van der Waals surface area (Å²) in [5.41, 5.74) is 0. The standard InChI is InChI=1S/C13H24N2O2/c1-3-17-10(2)13(16)15-6-4-11-8-14-9-12(11)5-7-15/h10-12,14H,3-9H2,1-2H3/t10?,11-,12+. The number of hydrogen-bond acceptors (Lipinski definition) is 3. The highest BCUT2D eigenvalue weighted by Gasteiger charge is 2.32. The summed E-state index contributed by atoms with van der Waals surface area (Å²) in [7, 11) is 0. The smallest absolute Gasteiger partial charge is 0.251 e. The topological polar surface area (TPSA) is 41.6 Å². The Morgan fingerprint density at radius 1 is 1.35 bits per heavy atom. The van der Waals surface area contributed by atoms with Crippen LogP contribution in [0.3, 0.4) is 0 Å². The lowest BCUT2D eigenvalue weighted by atomic mass is 9.92. The molecule has 0 saturated carbocycles. The zero-order chi connectivity index (χ0) is 12.3. The van der Waals surface area contributed by atoms with Gasteiger partial charge in [0.25, 0.3) is 5.91 Å². The van der Waals surface area contributed by atoms with Gasteiger partial charge in [0.15, 0.2) is 0 Å². The summed E-state index contributed by atoms with van der Waals surface area (Å²) in [5, 5.41) is 3.45. The molecule has 0 bridgehead atoms. The molecule has 1 amide bonds. The molecule has 0 aliphatic carbocycles. The zero-order valence-corrected chi connectivity index (χ0v) is 10.9. The number of nitrogens with zero attached hydrogens (tertiary/aromatic N) is 1. The van der Waals surface area contributed by atoms with Crippen molar-refractivity contribution in [2.24, 2.45) is 11.8 Å². The maximum atomic E-state index is 12.1. The van der Waals surface area contributed by atoms with E-state index in [9.17, 15) is 4.79 Å². The van der Waals surface area contributed by atoms with Gasteiger partial charge in [-0.3, -0.25) is 4.79 Å². The van der Waals surface area contributed by atoms with E-state index in [1.54, 1.807) is 0 Å². The van der Waals surface area contributed by atoms with Gasteiger partial charge in [-0.1, -0.05) is 0 Å². The molecule has 0 radical (unpaired) electrons. The highest BCUT2D eigenvalue weighted by Crippen LogP contribution is 2.27. The number of likely N-dealkylation sites (tertiary alicyclic amines) is 1. The maximum Gasteiger partial charge on any atom is 0.251 e. The molecule has 4 heteroatoms. The van der Waals surface area contributed by atoms with Gasteiger partial charge in [-0.2, -0.15) is 0 Å². The van der Waals surface area contributed by atoms with Crippen LogP contribution in [0.25, 0.3) is 0 Å².